The van der Waals surface area contributed by atoms with Crippen molar-refractivity contribution >= 4 is 39.2 Å². The van der Waals surface area contributed by atoms with E-state index in [-0.39, 0.29) is 53.7 Å². The van der Waals surface area contributed by atoms with E-state index in [1.807, 2.05) is 12.1 Å². The minimum Gasteiger partial charge on any atom is -0.497 e. The van der Waals surface area contributed by atoms with Crippen LogP contribution in [0.2, 0.25) is 72.5 Å². The average Bonchev–Trinajstić information content (AvgIpc) is 3.32. The van der Waals surface area contributed by atoms with Gasteiger partial charge in [0.1, 0.15) is 37.6 Å². The molecular weight excluding hydrogens is 981 g/mol. The Labute approximate surface area is 444 Å². The van der Waals surface area contributed by atoms with E-state index in [0.29, 0.717) is 19.6 Å². The third-order valence-electron chi connectivity index (χ3n) is 16.9. The molecule has 1 aromatic rings. The quantitative estimate of drug-likeness (QED) is 0.0277. The Bertz CT molecular complexity index is 1630. The zero-order valence-corrected chi connectivity index (χ0v) is 53.8. The summed E-state index contributed by atoms with van der Waals surface area (Å²) in [5.74, 6) is 0.0633. The number of ether oxygens (including phenoxy) is 8. The lowest BCUT2D eigenvalue weighted by Gasteiger charge is -2.52. The van der Waals surface area contributed by atoms with Gasteiger partial charge >= 0.3 is 5.97 Å². The van der Waals surface area contributed by atoms with Crippen LogP contribution in [0.5, 0.6) is 5.75 Å². The topological polar surface area (TPSA) is 128 Å². The molecule has 1 fully saturated rings. The first kappa shape index (κ1) is 67.1. The van der Waals surface area contributed by atoms with E-state index in [2.05, 4.69) is 135 Å². The summed E-state index contributed by atoms with van der Waals surface area (Å²) < 4.78 is 80.0. The Kier molecular flexibility index (Phi) is 28.7. The molecule has 13 nitrogen and oxygen atoms in total. The second-order valence-electron chi connectivity index (χ2n) is 23.6. The lowest BCUT2D eigenvalue weighted by Crippen LogP contribution is -2.65. The average molecular weight is 1090 g/mol. The van der Waals surface area contributed by atoms with Crippen LogP contribution in [0.4, 0.5) is 0 Å². The fourth-order valence-corrected chi connectivity index (χ4v) is 17.7. The molecule has 0 aromatic heterocycles. The molecule has 2 rings (SSSR count). The van der Waals surface area contributed by atoms with Gasteiger partial charge in [-0.25, -0.2) is 0 Å². The summed E-state index contributed by atoms with van der Waals surface area (Å²) >= 11 is 0. The summed E-state index contributed by atoms with van der Waals surface area (Å²) in [7, 11) is -4.64. The zero-order valence-electron chi connectivity index (χ0n) is 49.8. The zero-order chi connectivity index (χ0) is 54.7. The largest absolute Gasteiger partial charge is 0.497 e. The Hall–Kier alpha value is -1.04. The molecule has 17 heteroatoms. The van der Waals surface area contributed by atoms with Crippen LogP contribution in [0, 0.1) is 11.8 Å². The summed E-state index contributed by atoms with van der Waals surface area (Å²) in [5, 5.41) is -0.340. The molecule has 0 bridgehead atoms. The molecule has 0 saturated carbocycles. The Morgan fingerprint density at radius 3 is 1.64 bits per heavy atom. The molecule has 1 saturated heterocycles. The molecule has 1 aromatic carbocycles. The molecule has 0 spiro atoms. The van der Waals surface area contributed by atoms with E-state index < -0.39 is 70.1 Å². The third-order valence-corrected chi connectivity index (χ3v) is 35.1. The normalized spacial score (nSPS) is 21.8. The molecule has 0 radical (unpaired) electrons. The fourth-order valence-electron chi connectivity index (χ4n) is 9.35. The van der Waals surface area contributed by atoms with Gasteiger partial charge in [-0.1, -0.05) is 109 Å². The highest BCUT2D eigenvalue weighted by atomic mass is 28.4. The molecule has 422 valence electrons. The summed E-state index contributed by atoms with van der Waals surface area (Å²) in [4.78, 5) is 13.7. The maximum atomic E-state index is 13.7. The van der Waals surface area contributed by atoms with Gasteiger partial charge in [0.15, 0.2) is 39.6 Å². The molecule has 1 heterocycles. The predicted octanol–water partition coefficient (Wildman–Crippen LogP) is 13.9. The molecule has 0 N–H and O–H groups in total. The van der Waals surface area contributed by atoms with Crippen molar-refractivity contribution in [2.24, 2.45) is 11.8 Å². The molecule has 72 heavy (non-hydrogen) atoms. The predicted molar refractivity (Wildman–Crippen MR) is 302 cm³/mol. The van der Waals surface area contributed by atoms with Crippen molar-refractivity contribution in [3.8, 4) is 5.75 Å². The molecule has 1 unspecified atom stereocenters. The number of rotatable bonds is 35. The Morgan fingerprint density at radius 2 is 1.18 bits per heavy atom. The van der Waals surface area contributed by atoms with E-state index in [4.69, 9.17) is 55.6 Å². The molecule has 10 atom stereocenters. The van der Waals surface area contributed by atoms with Gasteiger partial charge < -0.3 is 55.6 Å². The first-order chi connectivity index (χ1) is 33.6. The summed E-state index contributed by atoms with van der Waals surface area (Å²) in [6.45, 7) is 43.2. The fraction of sp³-hybridized carbons (Fsp3) is 0.873. The molecular formula is C55H108O13Si4. The van der Waals surface area contributed by atoms with Crippen molar-refractivity contribution in [1.82, 2.24) is 0 Å². The van der Waals surface area contributed by atoms with Crippen LogP contribution in [0.15, 0.2) is 24.3 Å². The lowest BCUT2D eigenvalue weighted by atomic mass is 9.83. The highest BCUT2D eigenvalue weighted by molar-refractivity contribution is 6.75. The number of benzene rings is 1. The van der Waals surface area contributed by atoms with E-state index in [9.17, 15) is 4.79 Å². The first-order valence-corrected chi connectivity index (χ1v) is 38.5. The van der Waals surface area contributed by atoms with Crippen LogP contribution in [0.1, 0.15) is 135 Å². The summed E-state index contributed by atoms with van der Waals surface area (Å²) in [6, 6.07) is 14.1. The van der Waals surface area contributed by atoms with Crippen LogP contribution >= 0.6 is 0 Å². The number of carbonyl (C=O) groups is 1. The number of esters is 1. The van der Waals surface area contributed by atoms with Crippen LogP contribution in [-0.4, -0.2) is 130 Å². The van der Waals surface area contributed by atoms with Crippen molar-refractivity contribution < 1.29 is 60.4 Å². The van der Waals surface area contributed by atoms with Gasteiger partial charge in [-0.15, -0.1) is 0 Å². The molecule has 1 aliphatic rings. The van der Waals surface area contributed by atoms with Crippen LogP contribution in [0.3, 0.4) is 0 Å². The highest BCUT2D eigenvalue weighted by Crippen LogP contribution is 2.45. The molecule has 0 aliphatic carbocycles. The number of hydrogen-bond donors (Lipinski definition) is 0. The van der Waals surface area contributed by atoms with E-state index in [0.717, 1.165) is 66.8 Å². The van der Waals surface area contributed by atoms with E-state index in [1.54, 1.807) is 21.3 Å². The van der Waals surface area contributed by atoms with Crippen molar-refractivity contribution in [2.75, 3.05) is 41.5 Å². The SMILES string of the molecule is CC[Si](CC)(CC)O[C@@H](CC(OC(C)=O)[C@@H](O[Si](C)(C)C(C)(C)C)[C@@H]1O[C@H](O[Si](C)(C)C(C)(C)C)[C@@H](OCOC)[C@H](OCOC)[C@H]1C)[C@@H](C)[C@@H](CCCCOCc1ccc(OC)cc1)O[Si](CC)(CC)CC. The van der Waals surface area contributed by atoms with Crippen molar-refractivity contribution in [3.63, 3.8) is 0 Å². The van der Waals surface area contributed by atoms with E-state index >= 15 is 0 Å². The van der Waals surface area contributed by atoms with E-state index in [1.165, 1.54) is 6.92 Å². The van der Waals surface area contributed by atoms with Crippen molar-refractivity contribution in [3.05, 3.63) is 29.8 Å². The van der Waals surface area contributed by atoms with Gasteiger partial charge in [-0.2, -0.15) is 0 Å². The first-order valence-electron chi connectivity index (χ1n) is 27.6. The van der Waals surface area contributed by atoms with Gasteiger partial charge in [0.05, 0.1) is 38.1 Å². The molecule has 0 amide bonds. The minimum absolute atomic E-state index is 0.0165. The smallest absolute Gasteiger partial charge is 0.302 e. The van der Waals surface area contributed by atoms with Gasteiger partial charge in [0.2, 0.25) is 0 Å². The maximum Gasteiger partial charge on any atom is 0.302 e. The van der Waals surface area contributed by atoms with Gasteiger partial charge in [-0.3, -0.25) is 4.79 Å². The van der Waals surface area contributed by atoms with Crippen LogP contribution in [0.25, 0.3) is 0 Å². The number of hydrogen-bond acceptors (Lipinski definition) is 13. The summed E-state index contributed by atoms with van der Waals surface area (Å²) in [6.07, 6.45) is -1.54. The second kappa shape index (κ2) is 30.8. The van der Waals surface area contributed by atoms with Crippen molar-refractivity contribution in [1.29, 1.82) is 0 Å². The number of methoxy groups -OCH3 is 3. The van der Waals surface area contributed by atoms with Crippen molar-refractivity contribution in [2.45, 2.75) is 258 Å². The highest BCUT2D eigenvalue weighted by Gasteiger charge is 2.56. The Balaban J connectivity index is 2.89. The second-order valence-corrected chi connectivity index (χ2v) is 42.5. The number of unbranched alkanes of at least 4 members (excludes halogenated alkanes) is 1. The van der Waals surface area contributed by atoms with Gasteiger partial charge in [0.25, 0.3) is 0 Å². The van der Waals surface area contributed by atoms with Gasteiger partial charge in [-0.05, 0) is 109 Å². The van der Waals surface area contributed by atoms with Crippen LogP contribution < -0.4 is 4.74 Å². The van der Waals surface area contributed by atoms with Gasteiger partial charge in [0, 0.05) is 46.0 Å². The molecule has 1 aliphatic heterocycles. The third kappa shape index (κ3) is 19.5. The maximum absolute atomic E-state index is 13.7. The monoisotopic (exact) mass is 1090 g/mol. The van der Waals surface area contributed by atoms with Crippen LogP contribution in [-0.2, 0) is 62.3 Å². The minimum atomic E-state index is -2.64. The standard InChI is InChI=1S/C55H108O13Si4/c1-23-71(24-2,25-3)65-46(31-29-30-36-60-38-44-32-34-45(59-18)35-33-44)41(7)47(66-72(26-4,27-5)28-6)37-48(63-43(9)56)51(67-69(19,20)54(10,11)12)50-42(8)49(61-39-57-16)52(62-40-58-17)53(64-50)68-70(21,22)55(13,14)15/h32-35,41-42,46-53H,23-31,36-40H2,1-22H3/t41-,42+,46+,47-,48?,49+,50+,51+,52-,53+/m0/s1. The summed E-state index contributed by atoms with van der Waals surface area (Å²) in [5.41, 5.74) is 1.12. The number of carbonyl (C=O) groups excluding carboxylic acids is 1. The lowest BCUT2D eigenvalue weighted by molar-refractivity contribution is -0.314. The Morgan fingerprint density at radius 1 is 0.681 bits per heavy atom.